The van der Waals surface area contributed by atoms with Crippen molar-refractivity contribution >= 4 is 5.71 Å². The molecule has 1 nitrogen and oxygen atoms in total. The molecule has 0 saturated heterocycles. The Morgan fingerprint density at radius 2 is 2.38 bits per heavy atom. The molecule has 0 aliphatic rings. The zero-order valence-electron chi connectivity index (χ0n) is 5.41. The van der Waals surface area contributed by atoms with E-state index in [-0.39, 0.29) is 0 Å². The highest BCUT2D eigenvalue weighted by Crippen LogP contribution is 1.95. The van der Waals surface area contributed by atoms with Gasteiger partial charge in [-0.3, -0.25) is 0 Å². The van der Waals surface area contributed by atoms with Crippen LogP contribution in [0.3, 0.4) is 0 Å². The molecule has 0 atom stereocenters. The number of hydrogen-bond acceptors (Lipinski definition) is 1. The summed E-state index contributed by atoms with van der Waals surface area (Å²) in [4.78, 5) is 0. The minimum atomic E-state index is 0.770. The Morgan fingerprint density at radius 3 is 2.75 bits per heavy atom. The first kappa shape index (κ1) is 7.41. The number of hydrogen-bond donors (Lipinski definition) is 1. The standard InChI is InChI=1S/C7H13N/c1-3-4-5-6-7(2)8/h3,8H,1,4-6H2,2H3. The molecule has 0 aromatic carbocycles. The van der Waals surface area contributed by atoms with Crippen molar-refractivity contribution in [3.8, 4) is 0 Å². The van der Waals surface area contributed by atoms with E-state index in [0.29, 0.717) is 0 Å². The van der Waals surface area contributed by atoms with E-state index in [1.165, 1.54) is 0 Å². The molecule has 0 saturated carbocycles. The van der Waals surface area contributed by atoms with Gasteiger partial charge in [0, 0.05) is 5.71 Å². The Bertz CT molecular complexity index is 84.4. The maximum absolute atomic E-state index is 7.04. The van der Waals surface area contributed by atoms with Crippen LogP contribution < -0.4 is 0 Å². The van der Waals surface area contributed by atoms with E-state index in [2.05, 4.69) is 6.58 Å². The summed E-state index contributed by atoms with van der Waals surface area (Å²) in [6.45, 7) is 5.42. The third-order valence-electron chi connectivity index (χ3n) is 0.960. The molecule has 0 radical (unpaired) electrons. The van der Waals surface area contributed by atoms with E-state index in [0.717, 1.165) is 25.0 Å². The predicted molar refractivity (Wildman–Crippen MR) is 37.4 cm³/mol. The van der Waals surface area contributed by atoms with E-state index in [4.69, 9.17) is 5.41 Å². The summed E-state index contributed by atoms with van der Waals surface area (Å²) in [5.41, 5.74) is 0.770. The fraction of sp³-hybridized carbons (Fsp3) is 0.571. The van der Waals surface area contributed by atoms with Gasteiger partial charge < -0.3 is 5.41 Å². The Hall–Kier alpha value is -0.590. The second kappa shape index (κ2) is 4.57. The van der Waals surface area contributed by atoms with Crippen LogP contribution in [0.2, 0.25) is 0 Å². The van der Waals surface area contributed by atoms with E-state index in [1.807, 2.05) is 13.0 Å². The van der Waals surface area contributed by atoms with E-state index in [1.54, 1.807) is 0 Å². The number of unbranched alkanes of at least 4 members (excludes halogenated alkanes) is 1. The lowest BCUT2D eigenvalue weighted by Gasteiger charge is -1.91. The van der Waals surface area contributed by atoms with Crippen molar-refractivity contribution in [3.63, 3.8) is 0 Å². The lowest BCUT2D eigenvalue weighted by atomic mass is 10.2. The second-order valence-corrected chi connectivity index (χ2v) is 1.96. The van der Waals surface area contributed by atoms with Crippen LogP contribution in [0.1, 0.15) is 26.2 Å². The van der Waals surface area contributed by atoms with Crippen LogP contribution in [-0.2, 0) is 0 Å². The molecule has 0 rings (SSSR count). The molecule has 0 unspecified atom stereocenters. The van der Waals surface area contributed by atoms with Crippen LogP contribution in [0.4, 0.5) is 0 Å². The number of nitrogens with one attached hydrogen (secondary N) is 1. The van der Waals surface area contributed by atoms with Gasteiger partial charge in [0.1, 0.15) is 0 Å². The first-order valence-corrected chi connectivity index (χ1v) is 2.92. The summed E-state index contributed by atoms with van der Waals surface area (Å²) in [5, 5.41) is 7.04. The number of allylic oxidation sites excluding steroid dienone is 1. The Kier molecular flexibility index (Phi) is 4.23. The molecule has 0 bridgehead atoms. The van der Waals surface area contributed by atoms with Gasteiger partial charge in [0.25, 0.3) is 0 Å². The Balaban J connectivity index is 2.93. The molecule has 0 fully saturated rings. The van der Waals surface area contributed by atoms with Crippen LogP contribution in [0.15, 0.2) is 12.7 Å². The summed E-state index contributed by atoms with van der Waals surface area (Å²) in [6.07, 6.45) is 4.93. The average molecular weight is 111 g/mol. The van der Waals surface area contributed by atoms with Gasteiger partial charge in [-0.15, -0.1) is 6.58 Å². The van der Waals surface area contributed by atoms with Crippen molar-refractivity contribution in [2.24, 2.45) is 0 Å². The van der Waals surface area contributed by atoms with Crippen LogP contribution in [0.5, 0.6) is 0 Å². The topological polar surface area (TPSA) is 23.9 Å². The van der Waals surface area contributed by atoms with Gasteiger partial charge in [0.15, 0.2) is 0 Å². The maximum Gasteiger partial charge on any atom is 0.00583 e. The van der Waals surface area contributed by atoms with Gasteiger partial charge in [-0.05, 0) is 26.2 Å². The second-order valence-electron chi connectivity index (χ2n) is 1.96. The average Bonchev–Trinajstić information content (AvgIpc) is 1.66. The molecule has 0 spiro atoms. The smallest absolute Gasteiger partial charge is 0.00583 e. The predicted octanol–water partition coefficient (Wildman–Crippen LogP) is 2.38. The summed E-state index contributed by atoms with van der Waals surface area (Å²) < 4.78 is 0. The third kappa shape index (κ3) is 5.41. The zero-order valence-corrected chi connectivity index (χ0v) is 5.41. The van der Waals surface area contributed by atoms with Gasteiger partial charge in [-0.1, -0.05) is 6.08 Å². The van der Waals surface area contributed by atoms with E-state index in [9.17, 15) is 0 Å². The van der Waals surface area contributed by atoms with Crippen molar-refractivity contribution in [3.05, 3.63) is 12.7 Å². The number of rotatable bonds is 4. The lowest BCUT2D eigenvalue weighted by Crippen LogP contribution is -1.85. The minimum absolute atomic E-state index is 0.770. The van der Waals surface area contributed by atoms with Crippen LogP contribution in [0, 0.1) is 5.41 Å². The molecule has 46 valence electrons. The van der Waals surface area contributed by atoms with Crippen LogP contribution in [-0.4, -0.2) is 5.71 Å². The third-order valence-corrected chi connectivity index (χ3v) is 0.960. The van der Waals surface area contributed by atoms with Crippen LogP contribution >= 0.6 is 0 Å². The molecular formula is C7H13N. The largest absolute Gasteiger partial charge is 0.310 e. The van der Waals surface area contributed by atoms with Crippen LogP contribution in [0.25, 0.3) is 0 Å². The summed E-state index contributed by atoms with van der Waals surface area (Å²) >= 11 is 0. The van der Waals surface area contributed by atoms with Gasteiger partial charge in [-0.2, -0.15) is 0 Å². The fourth-order valence-electron chi connectivity index (χ4n) is 0.512. The van der Waals surface area contributed by atoms with Crippen molar-refractivity contribution in [2.45, 2.75) is 26.2 Å². The summed E-state index contributed by atoms with van der Waals surface area (Å²) in [6, 6.07) is 0. The molecule has 0 amide bonds. The molecule has 1 N–H and O–H groups in total. The minimum Gasteiger partial charge on any atom is -0.310 e. The molecular weight excluding hydrogens is 98.1 g/mol. The highest BCUT2D eigenvalue weighted by Gasteiger charge is 1.84. The highest BCUT2D eigenvalue weighted by atomic mass is 14.4. The molecule has 0 heterocycles. The van der Waals surface area contributed by atoms with Gasteiger partial charge in [0.05, 0.1) is 0 Å². The quantitative estimate of drug-likeness (QED) is 0.327. The van der Waals surface area contributed by atoms with Gasteiger partial charge >= 0.3 is 0 Å². The first-order chi connectivity index (χ1) is 3.77. The zero-order chi connectivity index (χ0) is 6.41. The van der Waals surface area contributed by atoms with E-state index >= 15 is 0 Å². The highest BCUT2D eigenvalue weighted by molar-refractivity contribution is 5.78. The SMILES string of the molecule is C=CCCCC(C)=N. The summed E-state index contributed by atoms with van der Waals surface area (Å²) in [5.74, 6) is 0. The fourth-order valence-corrected chi connectivity index (χ4v) is 0.512. The van der Waals surface area contributed by atoms with Crippen molar-refractivity contribution in [1.29, 1.82) is 5.41 Å². The normalized spacial score (nSPS) is 8.62. The van der Waals surface area contributed by atoms with E-state index < -0.39 is 0 Å². The lowest BCUT2D eigenvalue weighted by molar-refractivity contribution is 0.888. The Morgan fingerprint density at radius 1 is 1.75 bits per heavy atom. The molecule has 0 aliphatic heterocycles. The molecule has 0 aliphatic carbocycles. The molecule has 0 aromatic rings. The Labute approximate surface area is 50.9 Å². The van der Waals surface area contributed by atoms with Gasteiger partial charge in [-0.25, -0.2) is 0 Å². The summed E-state index contributed by atoms with van der Waals surface area (Å²) in [7, 11) is 0. The first-order valence-electron chi connectivity index (χ1n) is 2.92. The van der Waals surface area contributed by atoms with Gasteiger partial charge in [0.2, 0.25) is 0 Å². The molecule has 1 heteroatoms. The van der Waals surface area contributed by atoms with Crippen molar-refractivity contribution in [2.75, 3.05) is 0 Å². The molecule has 0 aromatic heterocycles. The monoisotopic (exact) mass is 111 g/mol. The van der Waals surface area contributed by atoms with Crippen molar-refractivity contribution < 1.29 is 0 Å². The maximum atomic E-state index is 7.04. The van der Waals surface area contributed by atoms with Crippen molar-refractivity contribution in [1.82, 2.24) is 0 Å². The molecule has 8 heavy (non-hydrogen) atoms.